The number of nitro benzene ring substituents is 1. The number of nitrogens with zero attached hydrogens (tertiary/aromatic N) is 3. The van der Waals surface area contributed by atoms with Gasteiger partial charge in [0.2, 0.25) is 0 Å². The predicted octanol–water partition coefficient (Wildman–Crippen LogP) is 1.72. The zero-order chi connectivity index (χ0) is 22.3. The number of benzene rings is 1. The van der Waals surface area contributed by atoms with Crippen LogP contribution in [0.4, 0.5) is 25.5 Å². The fraction of sp³-hybridized carbons (Fsp3) is 0.294. The van der Waals surface area contributed by atoms with Crippen molar-refractivity contribution in [3.63, 3.8) is 0 Å². The van der Waals surface area contributed by atoms with Crippen LogP contribution in [0.1, 0.15) is 13.2 Å². The Bertz CT molecular complexity index is 1120. The number of anilines is 1. The van der Waals surface area contributed by atoms with Crippen molar-refractivity contribution in [3.05, 3.63) is 56.9 Å². The van der Waals surface area contributed by atoms with Gasteiger partial charge in [0.05, 0.1) is 17.2 Å². The van der Waals surface area contributed by atoms with E-state index in [0.717, 1.165) is 22.9 Å². The molecule has 13 nitrogen and oxygen atoms in total. The maximum atomic E-state index is 14.5. The van der Waals surface area contributed by atoms with Crippen molar-refractivity contribution >= 4 is 23.8 Å². The van der Waals surface area contributed by atoms with E-state index in [1.165, 1.54) is 12.1 Å². The first-order chi connectivity index (χ1) is 14.7. The number of aromatic nitrogens is 2. The zero-order valence-corrected chi connectivity index (χ0v) is 15.6. The van der Waals surface area contributed by atoms with Gasteiger partial charge in [-0.25, -0.2) is 18.8 Å². The summed E-state index contributed by atoms with van der Waals surface area (Å²) in [6.07, 6.45) is -4.87. The third kappa shape index (κ3) is 3.87. The number of non-ortho nitro benzene ring substituents is 1. The quantitative estimate of drug-likeness (QED) is 0.424. The number of nitrogens with one attached hydrogen (secondary N) is 1. The van der Waals surface area contributed by atoms with E-state index in [1.54, 1.807) is 6.92 Å². The summed E-state index contributed by atoms with van der Waals surface area (Å²) in [6.45, 7) is 1.60. The molecule has 4 atom stereocenters. The smallest absolute Gasteiger partial charge is 0.424 e. The van der Waals surface area contributed by atoms with E-state index in [9.17, 15) is 28.9 Å². The van der Waals surface area contributed by atoms with Crippen molar-refractivity contribution < 1.29 is 37.9 Å². The third-order valence-corrected chi connectivity index (χ3v) is 4.55. The number of carbonyl (C=O) groups excluding carboxylic acids is 2. The molecule has 162 valence electrons. The van der Waals surface area contributed by atoms with E-state index in [-0.39, 0.29) is 11.4 Å². The Hall–Kier alpha value is -4.07. The summed E-state index contributed by atoms with van der Waals surface area (Å²) in [5.74, 6) is -1.86. The standard InChI is InChI=1S/C17H13FN4O9/c1-7-11-12(31-17(25)30-11)14(28-7)21-6-10(18)13(19-15(21)23)20-16(24)29-9-4-2-8(3-5-9)22(26)27/h2-7,11-12,14H,1H3,(H,19,20,23,24)/t7-,11?,12?,14-/m1/s1. The highest BCUT2D eigenvalue weighted by molar-refractivity contribution is 5.85. The highest BCUT2D eigenvalue weighted by Crippen LogP contribution is 2.37. The number of amides is 1. The van der Waals surface area contributed by atoms with Crippen molar-refractivity contribution in [2.75, 3.05) is 5.32 Å². The number of fused-ring (bicyclic) bond motifs is 1. The molecule has 1 aromatic heterocycles. The van der Waals surface area contributed by atoms with Gasteiger partial charge in [0, 0.05) is 12.1 Å². The molecule has 0 spiro atoms. The predicted molar refractivity (Wildman–Crippen MR) is 95.9 cm³/mol. The molecule has 2 fully saturated rings. The molecule has 0 saturated carbocycles. The maximum Gasteiger partial charge on any atom is 0.509 e. The Balaban J connectivity index is 1.48. The molecule has 2 saturated heterocycles. The van der Waals surface area contributed by atoms with Gasteiger partial charge in [0.25, 0.3) is 5.69 Å². The van der Waals surface area contributed by atoms with Crippen LogP contribution in [0.15, 0.2) is 35.3 Å². The lowest BCUT2D eigenvalue weighted by Gasteiger charge is -2.18. The first-order valence-electron chi connectivity index (χ1n) is 8.77. The summed E-state index contributed by atoms with van der Waals surface area (Å²) < 4.78 is 35.6. The van der Waals surface area contributed by atoms with Crippen LogP contribution in [0.3, 0.4) is 0 Å². The molecule has 31 heavy (non-hydrogen) atoms. The SMILES string of the molecule is C[C@H]1O[C@@H](n2cc(F)c(NC(=O)Oc3ccc([N+](=O)[O-])cc3)nc2=O)C2OC(=O)OC21. The number of ether oxygens (including phenoxy) is 4. The van der Waals surface area contributed by atoms with E-state index >= 15 is 0 Å². The Morgan fingerprint density at radius 2 is 1.94 bits per heavy atom. The van der Waals surface area contributed by atoms with Gasteiger partial charge in [0.1, 0.15) is 5.75 Å². The van der Waals surface area contributed by atoms with E-state index in [2.05, 4.69) is 4.98 Å². The molecular weight excluding hydrogens is 423 g/mol. The third-order valence-electron chi connectivity index (χ3n) is 4.55. The molecule has 2 aromatic rings. The summed E-state index contributed by atoms with van der Waals surface area (Å²) in [5.41, 5.74) is -1.21. The highest BCUT2D eigenvalue weighted by Gasteiger charge is 2.53. The number of carbonyl (C=O) groups is 2. The Labute approximate surface area is 171 Å². The van der Waals surface area contributed by atoms with Gasteiger partial charge in [-0.05, 0) is 19.1 Å². The van der Waals surface area contributed by atoms with Crippen molar-refractivity contribution in [3.8, 4) is 5.75 Å². The number of hydrogen-bond donors (Lipinski definition) is 1. The fourth-order valence-electron chi connectivity index (χ4n) is 3.15. The molecule has 1 amide bonds. The second kappa shape index (κ2) is 7.64. The topological polar surface area (TPSA) is 161 Å². The van der Waals surface area contributed by atoms with Crippen molar-refractivity contribution in [1.29, 1.82) is 0 Å². The van der Waals surface area contributed by atoms with Crippen molar-refractivity contribution in [2.45, 2.75) is 31.5 Å². The van der Waals surface area contributed by atoms with Gasteiger partial charge in [-0.1, -0.05) is 0 Å². The molecule has 0 bridgehead atoms. The number of rotatable bonds is 4. The zero-order valence-electron chi connectivity index (χ0n) is 15.6. The van der Waals surface area contributed by atoms with Crippen LogP contribution in [0.5, 0.6) is 5.75 Å². The lowest BCUT2D eigenvalue weighted by atomic mass is 10.1. The van der Waals surface area contributed by atoms with Crippen molar-refractivity contribution in [2.24, 2.45) is 0 Å². The Kier molecular flexibility index (Phi) is 4.98. The van der Waals surface area contributed by atoms with Crippen LogP contribution >= 0.6 is 0 Å². The summed E-state index contributed by atoms with van der Waals surface area (Å²) in [6, 6.07) is 4.55. The molecule has 2 aliphatic rings. The Morgan fingerprint density at radius 1 is 1.26 bits per heavy atom. The molecule has 2 aliphatic heterocycles. The van der Waals surface area contributed by atoms with Gasteiger partial charge < -0.3 is 18.9 Å². The van der Waals surface area contributed by atoms with E-state index in [4.69, 9.17) is 18.9 Å². The molecule has 4 rings (SSSR count). The first kappa shape index (κ1) is 20.2. The molecule has 0 aliphatic carbocycles. The molecule has 0 radical (unpaired) electrons. The average molecular weight is 436 g/mol. The molecule has 1 aromatic carbocycles. The van der Waals surface area contributed by atoms with Crippen LogP contribution in [-0.2, 0) is 14.2 Å². The second-order valence-corrected chi connectivity index (χ2v) is 6.54. The fourth-order valence-corrected chi connectivity index (χ4v) is 3.15. The summed E-state index contributed by atoms with van der Waals surface area (Å²) in [5, 5.41) is 12.6. The molecular formula is C17H13FN4O9. The van der Waals surface area contributed by atoms with Gasteiger partial charge in [-0.3, -0.25) is 20.0 Å². The largest absolute Gasteiger partial charge is 0.509 e. The molecule has 14 heteroatoms. The molecule has 3 heterocycles. The highest BCUT2D eigenvalue weighted by atomic mass is 19.1. The minimum Gasteiger partial charge on any atom is -0.424 e. The van der Waals surface area contributed by atoms with Gasteiger partial charge >= 0.3 is 17.9 Å². The lowest BCUT2D eigenvalue weighted by molar-refractivity contribution is -0.384. The van der Waals surface area contributed by atoms with Gasteiger partial charge in [-0.2, -0.15) is 4.98 Å². The van der Waals surface area contributed by atoms with Crippen LogP contribution in [0.25, 0.3) is 0 Å². The first-order valence-corrected chi connectivity index (χ1v) is 8.77. The van der Waals surface area contributed by atoms with E-state index in [0.29, 0.717) is 0 Å². The van der Waals surface area contributed by atoms with Crippen LogP contribution in [-0.4, -0.2) is 45.0 Å². The summed E-state index contributed by atoms with van der Waals surface area (Å²) in [4.78, 5) is 49.1. The average Bonchev–Trinajstić information content (AvgIpc) is 3.23. The molecule has 1 N–H and O–H groups in total. The maximum absolute atomic E-state index is 14.5. The van der Waals surface area contributed by atoms with Gasteiger partial charge in [0.15, 0.2) is 30.1 Å². The van der Waals surface area contributed by atoms with E-state index < -0.39 is 59.0 Å². The minimum atomic E-state index is -1.18. The molecule has 2 unspecified atom stereocenters. The van der Waals surface area contributed by atoms with E-state index in [1.807, 2.05) is 5.32 Å². The van der Waals surface area contributed by atoms with Crippen LogP contribution < -0.4 is 15.7 Å². The summed E-state index contributed by atoms with van der Waals surface area (Å²) >= 11 is 0. The summed E-state index contributed by atoms with van der Waals surface area (Å²) in [7, 11) is 0. The van der Waals surface area contributed by atoms with Crippen LogP contribution in [0.2, 0.25) is 0 Å². The van der Waals surface area contributed by atoms with Gasteiger partial charge in [-0.15, -0.1) is 0 Å². The van der Waals surface area contributed by atoms with Crippen LogP contribution in [0, 0.1) is 15.9 Å². The number of hydrogen-bond acceptors (Lipinski definition) is 10. The normalized spacial score (nSPS) is 24.1. The monoisotopic (exact) mass is 436 g/mol. The number of halogens is 1. The second-order valence-electron chi connectivity index (χ2n) is 6.54. The number of nitro groups is 1. The minimum absolute atomic E-state index is 0.0562. The van der Waals surface area contributed by atoms with Crippen molar-refractivity contribution in [1.82, 2.24) is 9.55 Å². The lowest BCUT2D eigenvalue weighted by Crippen LogP contribution is -2.35. The Morgan fingerprint density at radius 3 is 2.61 bits per heavy atom.